The van der Waals surface area contributed by atoms with Crippen molar-refractivity contribution in [2.75, 3.05) is 5.32 Å². The Morgan fingerprint density at radius 1 is 0.971 bits per heavy atom. The minimum absolute atomic E-state index is 0.0539. The molecule has 6 heteroatoms. The molecule has 5 nitrogen and oxygen atoms in total. The Morgan fingerprint density at radius 2 is 1.71 bits per heavy atom. The Balaban J connectivity index is 1.56. The second kappa shape index (κ2) is 9.27. The van der Waals surface area contributed by atoms with Crippen LogP contribution >= 0.6 is 11.6 Å². The summed E-state index contributed by atoms with van der Waals surface area (Å²) in [5, 5.41) is 6.90. The van der Waals surface area contributed by atoms with Gasteiger partial charge >= 0.3 is 0 Å². The molecule has 5 rings (SSSR count). The molecule has 1 amide bonds. The molecule has 1 aromatic heterocycles. The van der Waals surface area contributed by atoms with Gasteiger partial charge in [-0.15, -0.1) is 0 Å². The van der Waals surface area contributed by atoms with E-state index >= 15 is 0 Å². The van der Waals surface area contributed by atoms with Crippen molar-refractivity contribution in [2.45, 2.75) is 31.6 Å². The lowest BCUT2D eigenvalue weighted by Crippen LogP contribution is -2.37. The normalized spacial score (nSPS) is 20.0. The summed E-state index contributed by atoms with van der Waals surface area (Å²) in [5.41, 5.74) is 4.79. The SMILES string of the molecule is CC1=C(C(=O)Nc2ccccn2)[C@@H](c2ccc(Cl)cc2)C2=C(C[C@H](c3ccccc3)CC2=O)N1. The summed E-state index contributed by atoms with van der Waals surface area (Å²) in [6, 6.07) is 22.8. The molecule has 0 saturated heterocycles. The summed E-state index contributed by atoms with van der Waals surface area (Å²) < 4.78 is 0. The third-order valence-corrected chi connectivity index (χ3v) is 6.71. The van der Waals surface area contributed by atoms with Gasteiger partial charge in [0.2, 0.25) is 0 Å². The minimum atomic E-state index is -0.485. The van der Waals surface area contributed by atoms with Gasteiger partial charge in [0.15, 0.2) is 5.78 Å². The van der Waals surface area contributed by atoms with Gasteiger partial charge in [-0.05, 0) is 54.7 Å². The Morgan fingerprint density at radius 3 is 2.41 bits per heavy atom. The van der Waals surface area contributed by atoms with Crippen LogP contribution in [0.15, 0.2) is 102 Å². The van der Waals surface area contributed by atoms with Gasteiger partial charge in [0.25, 0.3) is 5.91 Å². The number of anilines is 1. The number of pyridine rings is 1. The maximum Gasteiger partial charge on any atom is 0.255 e. The standard InChI is InChI=1S/C28H24ClN3O2/c1-17-25(28(34)32-24-9-5-6-14-30-24)26(19-10-12-21(29)13-11-19)27-22(31-17)15-20(16-23(27)33)18-7-3-2-4-8-18/h2-14,20,26,31H,15-16H2,1H3,(H,30,32,34)/t20-,26+/m0/s1. The number of allylic oxidation sites excluding steroid dienone is 3. The molecule has 1 aliphatic heterocycles. The molecule has 0 spiro atoms. The summed E-state index contributed by atoms with van der Waals surface area (Å²) in [6.07, 6.45) is 2.74. The summed E-state index contributed by atoms with van der Waals surface area (Å²) in [5.74, 6) is -0.156. The van der Waals surface area contributed by atoms with E-state index in [9.17, 15) is 9.59 Å². The Bertz CT molecular complexity index is 1300. The number of ketones is 1. The Kier molecular flexibility index (Phi) is 6.03. The van der Waals surface area contributed by atoms with E-state index in [0.717, 1.165) is 22.5 Å². The average Bonchev–Trinajstić information content (AvgIpc) is 2.84. The number of dihydropyridines is 1. The molecule has 170 valence electrons. The molecule has 2 aromatic carbocycles. The quantitative estimate of drug-likeness (QED) is 0.511. The van der Waals surface area contributed by atoms with Crippen LogP contribution in [0, 0.1) is 0 Å². The van der Waals surface area contributed by atoms with Crippen LogP contribution in [0.25, 0.3) is 0 Å². The number of Topliss-reactive ketones (excluding diaryl/α,β-unsaturated/α-hetero) is 1. The molecule has 3 aromatic rings. The number of carbonyl (C=O) groups excluding carboxylic acids is 2. The first-order chi connectivity index (χ1) is 16.5. The molecular formula is C28H24ClN3O2. The molecule has 0 unspecified atom stereocenters. The Hall–Kier alpha value is -3.70. The number of hydrogen-bond acceptors (Lipinski definition) is 4. The Labute approximate surface area is 203 Å². The maximum absolute atomic E-state index is 13.6. The average molecular weight is 470 g/mol. The van der Waals surface area contributed by atoms with Crippen molar-refractivity contribution < 1.29 is 9.59 Å². The van der Waals surface area contributed by atoms with Gasteiger partial charge in [-0.1, -0.05) is 60.1 Å². The fraction of sp³-hybridized carbons (Fsp3) is 0.179. The zero-order chi connectivity index (χ0) is 23.7. The number of halogens is 1. The zero-order valence-electron chi connectivity index (χ0n) is 18.7. The van der Waals surface area contributed by atoms with E-state index in [1.54, 1.807) is 30.5 Å². The van der Waals surface area contributed by atoms with Gasteiger partial charge in [0.1, 0.15) is 5.82 Å². The number of hydrogen-bond donors (Lipinski definition) is 2. The van der Waals surface area contributed by atoms with Gasteiger partial charge < -0.3 is 10.6 Å². The van der Waals surface area contributed by atoms with Crippen LogP contribution in [-0.2, 0) is 9.59 Å². The van der Waals surface area contributed by atoms with E-state index in [1.165, 1.54) is 0 Å². The minimum Gasteiger partial charge on any atom is -0.362 e. The summed E-state index contributed by atoms with van der Waals surface area (Å²) in [7, 11) is 0. The van der Waals surface area contributed by atoms with Gasteiger partial charge in [-0.2, -0.15) is 0 Å². The molecule has 1 aliphatic carbocycles. The fourth-order valence-electron chi connectivity index (χ4n) is 4.91. The van der Waals surface area contributed by atoms with Crippen LogP contribution in [0.5, 0.6) is 0 Å². The number of nitrogens with zero attached hydrogens (tertiary/aromatic N) is 1. The third-order valence-electron chi connectivity index (χ3n) is 6.45. The lowest BCUT2D eigenvalue weighted by atomic mass is 9.71. The lowest BCUT2D eigenvalue weighted by molar-refractivity contribution is -0.116. The largest absolute Gasteiger partial charge is 0.362 e. The first-order valence-corrected chi connectivity index (χ1v) is 11.7. The van der Waals surface area contributed by atoms with E-state index < -0.39 is 5.92 Å². The highest BCUT2D eigenvalue weighted by Crippen LogP contribution is 2.45. The van der Waals surface area contributed by atoms with Crippen LogP contribution in [0.2, 0.25) is 5.02 Å². The monoisotopic (exact) mass is 469 g/mol. The van der Waals surface area contributed by atoms with Crippen molar-refractivity contribution in [1.29, 1.82) is 0 Å². The molecule has 2 atom stereocenters. The van der Waals surface area contributed by atoms with Crippen molar-refractivity contribution in [1.82, 2.24) is 10.3 Å². The van der Waals surface area contributed by atoms with Gasteiger partial charge in [0, 0.05) is 46.1 Å². The topological polar surface area (TPSA) is 71.1 Å². The van der Waals surface area contributed by atoms with E-state index in [-0.39, 0.29) is 17.6 Å². The molecule has 0 fully saturated rings. The van der Waals surface area contributed by atoms with Gasteiger partial charge in [0.05, 0.1) is 0 Å². The lowest BCUT2D eigenvalue weighted by Gasteiger charge is -2.37. The molecule has 2 N–H and O–H groups in total. The van der Waals surface area contributed by atoms with Crippen molar-refractivity contribution in [2.24, 2.45) is 0 Å². The van der Waals surface area contributed by atoms with Crippen molar-refractivity contribution in [3.63, 3.8) is 0 Å². The fourth-order valence-corrected chi connectivity index (χ4v) is 5.04. The number of rotatable bonds is 4. The first-order valence-electron chi connectivity index (χ1n) is 11.3. The maximum atomic E-state index is 13.6. The van der Waals surface area contributed by atoms with E-state index in [0.29, 0.717) is 34.8 Å². The molecule has 2 aliphatic rings. The van der Waals surface area contributed by atoms with Crippen LogP contribution in [0.4, 0.5) is 5.82 Å². The van der Waals surface area contributed by atoms with Crippen LogP contribution in [0.3, 0.4) is 0 Å². The second-order valence-electron chi connectivity index (χ2n) is 8.65. The third kappa shape index (κ3) is 4.27. The second-order valence-corrected chi connectivity index (χ2v) is 9.09. The summed E-state index contributed by atoms with van der Waals surface area (Å²) in [4.78, 5) is 31.3. The molecule has 0 bridgehead atoms. The van der Waals surface area contributed by atoms with Crippen LogP contribution < -0.4 is 10.6 Å². The molecule has 2 heterocycles. The smallest absolute Gasteiger partial charge is 0.255 e. The van der Waals surface area contributed by atoms with Crippen molar-refractivity contribution >= 4 is 29.1 Å². The molecular weight excluding hydrogens is 446 g/mol. The van der Waals surface area contributed by atoms with Crippen LogP contribution in [0.1, 0.15) is 42.7 Å². The van der Waals surface area contributed by atoms with E-state index in [2.05, 4.69) is 27.8 Å². The van der Waals surface area contributed by atoms with Crippen molar-refractivity contribution in [3.05, 3.63) is 118 Å². The highest BCUT2D eigenvalue weighted by atomic mass is 35.5. The molecule has 0 radical (unpaired) electrons. The predicted molar refractivity (Wildman–Crippen MR) is 133 cm³/mol. The number of benzene rings is 2. The highest BCUT2D eigenvalue weighted by Gasteiger charge is 2.40. The zero-order valence-corrected chi connectivity index (χ0v) is 19.5. The van der Waals surface area contributed by atoms with Crippen molar-refractivity contribution in [3.8, 4) is 0 Å². The first kappa shape index (κ1) is 22.1. The predicted octanol–water partition coefficient (Wildman–Crippen LogP) is 5.74. The van der Waals surface area contributed by atoms with E-state index in [1.807, 2.05) is 43.3 Å². The summed E-state index contributed by atoms with van der Waals surface area (Å²) in [6.45, 7) is 1.89. The van der Waals surface area contributed by atoms with Gasteiger partial charge in [-0.3, -0.25) is 9.59 Å². The van der Waals surface area contributed by atoms with E-state index in [4.69, 9.17) is 11.6 Å². The molecule has 34 heavy (non-hydrogen) atoms. The number of aromatic nitrogens is 1. The number of carbonyl (C=O) groups is 2. The molecule has 0 saturated carbocycles. The van der Waals surface area contributed by atoms with Crippen LogP contribution in [-0.4, -0.2) is 16.7 Å². The number of nitrogens with one attached hydrogen (secondary N) is 2. The summed E-state index contributed by atoms with van der Waals surface area (Å²) >= 11 is 6.15. The highest BCUT2D eigenvalue weighted by molar-refractivity contribution is 6.30. The number of amides is 1. The van der Waals surface area contributed by atoms with Gasteiger partial charge in [-0.25, -0.2) is 4.98 Å².